The van der Waals surface area contributed by atoms with Crippen molar-refractivity contribution in [3.8, 4) is 5.75 Å². The summed E-state index contributed by atoms with van der Waals surface area (Å²) in [6.45, 7) is 1.09. The van der Waals surface area contributed by atoms with E-state index in [1.165, 1.54) is 18.3 Å². The van der Waals surface area contributed by atoms with E-state index in [1.54, 1.807) is 0 Å². The molecule has 0 saturated carbocycles. The maximum absolute atomic E-state index is 13.2. The summed E-state index contributed by atoms with van der Waals surface area (Å²) in [7, 11) is 2.05. The van der Waals surface area contributed by atoms with E-state index in [1.807, 2.05) is 6.07 Å². The first kappa shape index (κ1) is 16.1. The number of benzene rings is 1. The molecule has 1 aromatic heterocycles. The number of pyridine rings is 1. The van der Waals surface area contributed by atoms with E-state index in [0.29, 0.717) is 16.5 Å². The van der Waals surface area contributed by atoms with Crippen molar-refractivity contribution in [2.75, 3.05) is 13.6 Å². The van der Waals surface area contributed by atoms with Crippen LogP contribution < -0.4 is 4.74 Å². The van der Waals surface area contributed by atoms with E-state index in [0.717, 1.165) is 31.0 Å². The Kier molecular flexibility index (Phi) is 4.78. The van der Waals surface area contributed by atoms with Gasteiger partial charge >= 0.3 is 0 Å². The molecule has 1 fully saturated rings. The molecule has 23 heavy (non-hydrogen) atoms. The van der Waals surface area contributed by atoms with Crippen molar-refractivity contribution in [3.05, 3.63) is 58.4 Å². The van der Waals surface area contributed by atoms with Gasteiger partial charge in [-0.1, -0.05) is 11.6 Å². The van der Waals surface area contributed by atoms with Crippen molar-refractivity contribution >= 4 is 11.6 Å². The van der Waals surface area contributed by atoms with E-state index >= 15 is 0 Å². The van der Waals surface area contributed by atoms with Crippen LogP contribution in [0, 0.1) is 11.6 Å². The zero-order valence-electron chi connectivity index (χ0n) is 12.7. The van der Waals surface area contributed by atoms with Crippen LogP contribution in [0.15, 0.2) is 30.5 Å². The Labute approximate surface area is 138 Å². The lowest BCUT2D eigenvalue weighted by Crippen LogP contribution is -2.18. The van der Waals surface area contributed by atoms with Gasteiger partial charge in [-0.2, -0.15) is 0 Å². The molecule has 1 aliphatic heterocycles. The molecule has 0 bridgehead atoms. The van der Waals surface area contributed by atoms with E-state index in [4.69, 9.17) is 16.3 Å². The summed E-state index contributed by atoms with van der Waals surface area (Å²) < 4.78 is 32.0. The van der Waals surface area contributed by atoms with Crippen molar-refractivity contribution in [3.63, 3.8) is 0 Å². The van der Waals surface area contributed by atoms with Gasteiger partial charge in [0, 0.05) is 17.7 Å². The molecule has 3 rings (SSSR count). The van der Waals surface area contributed by atoms with Gasteiger partial charge in [-0.05, 0) is 50.2 Å². The molecule has 1 atom stereocenters. The second-order valence-electron chi connectivity index (χ2n) is 5.76. The first-order valence-corrected chi connectivity index (χ1v) is 7.84. The minimum absolute atomic E-state index is 0.0674. The standard InChI is InChI=1S/C17H17ClF2N2O/c1-22-4-2-3-16(22)15-8-14(9-21-17(15)18)23-10-11-5-12(19)7-13(20)6-11/h5-9,16H,2-4,10H2,1H3. The molecule has 0 N–H and O–H groups in total. The third-order valence-electron chi connectivity index (χ3n) is 4.05. The van der Waals surface area contributed by atoms with Crippen molar-refractivity contribution < 1.29 is 13.5 Å². The van der Waals surface area contributed by atoms with Gasteiger partial charge in [0.05, 0.1) is 6.20 Å². The molecule has 0 radical (unpaired) electrons. The topological polar surface area (TPSA) is 25.4 Å². The van der Waals surface area contributed by atoms with Crippen LogP contribution in [0.1, 0.15) is 30.0 Å². The normalized spacial score (nSPS) is 18.3. The molecule has 122 valence electrons. The number of aromatic nitrogens is 1. The highest BCUT2D eigenvalue weighted by Crippen LogP contribution is 2.35. The van der Waals surface area contributed by atoms with E-state index < -0.39 is 11.6 Å². The fraction of sp³-hybridized carbons (Fsp3) is 0.353. The Hall–Kier alpha value is -1.72. The molecule has 1 unspecified atom stereocenters. The zero-order chi connectivity index (χ0) is 16.4. The second kappa shape index (κ2) is 6.81. The van der Waals surface area contributed by atoms with Crippen LogP contribution in [0.2, 0.25) is 5.15 Å². The number of rotatable bonds is 4. The highest BCUT2D eigenvalue weighted by molar-refractivity contribution is 6.30. The smallest absolute Gasteiger partial charge is 0.138 e. The quantitative estimate of drug-likeness (QED) is 0.774. The molecule has 0 amide bonds. The summed E-state index contributed by atoms with van der Waals surface area (Å²) in [6.07, 6.45) is 3.66. The van der Waals surface area contributed by atoms with Gasteiger partial charge in [0.1, 0.15) is 29.1 Å². The second-order valence-corrected chi connectivity index (χ2v) is 6.11. The average Bonchev–Trinajstić information content (AvgIpc) is 2.91. The summed E-state index contributed by atoms with van der Waals surface area (Å²) in [5.41, 5.74) is 1.35. The van der Waals surface area contributed by atoms with Crippen LogP contribution in [0.25, 0.3) is 0 Å². The molecular formula is C17H17ClF2N2O. The van der Waals surface area contributed by atoms with Crippen LogP contribution in [0.5, 0.6) is 5.75 Å². The number of hydrogen-bond acceptors (Lipinski definition) is 3. The minimum atomic E-state index is -0.619. The van der Waals surface area contributed by atoms with Crippen molar-refractivity contribution in [1.82, 2.24) is 9.88 Å². The highest BCUT2D eigenvalue weighted by atomic mass is 35.5. The Morgan fingerprint density at radius 1 is 1.26 bits per heavy atom. The summed E-state index contributed by atoms with van der Waals surface area (Å²) in [4.78, 5) is 6.40. The maximum Gasteiger partial charge on any atom is 0.138 e. The van der Waals surface area contributed by atoms with Gasteiger partial charge in [-0.15, -0.1) is 0 Å². The average molecular weight is 339 g/mol. The summed E-state index contributed by atoms with van der Waals surface area (Å²) in [6, 6.07) is 5.42. The van der Waals surface area contributed by atoms with Gasteiger partial charge in [0.25, 0.3) is 0 Å². The van der Waals surface area contributed by atoms with Crippen LogP contribution in [-0.4, -0.2) is 23.5 Å². The Balaban J connectivity index is 1.75. The molecule has 3 nitrogen and oxygen atoms in total. The molecule has 2 aromatic rings. The first-order valence-electron chi connectivity index (χ1n) is 7.46. The highest BCUT2D eigenvalue weighted by Gasteiger charge is 2.25. The molecule has 1 aliphatic rings. The molecule has 2 heterocycles. The lowest BCUT2D eigenvalue weighted by molar-refractivity contribution is 0.297. The lowest BCUT2D eigenvalue weighted by Gasteiger charge is -2.21. The third-order valence-corrected chi connectivity index (χ3v) is 4.36. The van der Waals surface area contributed by atoms with Gasteiger partial charge in [0.2, 0.25) is 0 Å². The van der Waals surface area contributed by atoms with Gasteiger partial charge in [-0.25, -0.2) is 13.8 Å². The SMILES string of the molecule is CN1CCCC1c1cc(OCc2cc(F)cc(F)c2)cnc1Cl. The Morgan fingerprint density at radius 3 is 2.65 bits per heavy atom. The predicted octanol–water partition coefficient (Wildman–Crippen LogP) is 4.36. The molecular weight excluding hydrogens is 322 g/mol. The molecule has 6 heteroatoms. The van der Waals surface area contributed by atoms with Gasteiger partial charge in [-0.3, -0.25) is 4.90 Å². The van der Waals surface area contributed by atoms with Crippen LogP contribution in [0.4, 0.5) is 8.78 Å². The summed E-state index contributed by atoms with van der Waals surface area (Å²) in [5.74, 6) is -0.702. The van der Waals surface area contributed by atoms with E-state index in [9.17, 15) is 8.78 Å². The fourth-order valence-corrected chi connectivity index (χ4v) is 3.15. The van der Waals surface area contributed by atoms with Crippen molar-refractivity contribution in [1.29, 1.82) is 0 Å². The molecule has 0 aliphatic carbocycles. The summed E-state index contributed by atoms with van der Waals surface area (Å²) >= 11 is 6.21. The fourth-order valence-electron chi connectivity index (χ4n) is 2.92. The van der Waals surface area contributed by atoms with Crippen molar-refractivity contribution in [2.45, 2.75) is 25.5 Å². The number of ether oxygens (including phenoxy) is 1. The molecule has 1 aromatic carbocycles. The predicted molar refractivity (Wildman–Crippen MR) is 84.5 cm³/mol. The monoisotopic (exact) mass is 338 g/mol. The lowest BCUT2D eigenvalue weighted by atomic mass is 10.1. The molecule has 0 spiro atoms. The summed E-state index contributed by atoms with van der Waals surface area (Å²) in [5, 5.41) is 0.466. The number of halogens is 3. The third kappa shape index (κ3) is 3.79. The Morgan fingerprint density at radius 2 is 2.00 bits per heavy atom. The largest absolute Gasteiger partial charge is 0.487 e. The maximum atomic E-state index is 13.2. The number of hydrogen-bond donors (Lipinski definition) is 0. The van der Waals surface area contributed by atoms with Crippen LogP contribution >= 0.6 is 11.6 Å². The van der Waals surface area contributed by atoms with Gasteiger partial charge in [0.15, 0.2) is 0 Å². The van der Waals surface area contributed by atoms with E-state index in [2.05, 4.69) is 16.9 Å². The number of nitrogens with zero attached hydrogens (tertiary/aromatic N) is 2. The van der Waals surface area contributed by atoms with E-state index in [-0.39, 0.29) is 12.6 Å². The zero-order valence-corrected chi connectivity index (χ0v) is 13.5. The minimum Gasteiger partial charge on any atom is -0.487 e. The first-order chi connectivity index (χ1) is 11.0. The Bertz CT molecular complexity index is 691. The molecule has 1 saturated heterocycles. The van der Waals surface area contributed by atoms with Crippen LogP contribution in [0.3, 0.4) is 0 Å². The van der Waals surface area contributed by atoms with Crippen molar-refractivity contribution in [2.24, 2.45) is 0 Å². The van der Waals surface area contributed by atoms with Crippen LogP contribution in [-0.2, 0) is 6.61 Å². The number of likely N-dealkylation sites (tertiary alicyclic amines) is 1. The van der Waals surface area contributed by atoms with Gasteiger partial charge < -0.3 is 4.74 Å².